The van der Waals surface area contributed by atoms with Crippen LogP contribution < -0.4 is 10.6 Å². The fraction of sp³-hybridized carbons (Fsp3) is 0.351. The Hall–Kier alpha value is -4.23. The van der Waals surface area contributed by atoms with E-state index in [1.54, 1.807) is 35.4 Å². The number of likely N-dealkylation sites (tertiary alicyclic amines) is 1. The SMILES string of the molecule is CC(C)[C@H](NC(=O)O)C(=O)N1CCC[C@H]1c1nc2ccc(-c3ccc4c(c3)C(F)(F)c3cc(-c5cnc([C@@H]6CCCN6)[nH]5)ccc3-4)cc2[nH]1.Cl.Cl.Cl. The van der Waals surface area contributed by atoms with E-state index in [0.29, 0.717) is 52.3 Å². The summed E-state index contributed by atoms with van der Waals surface area (Å²) >= 11 is 0. The van der Waals surface area contributed by atoms with Crippen LogP contribution in [-0.2, 0) is 10.7 Å². The molecule has 52 heavy (non-hydrogen) atoms. The fourth-order valence-corrected chi connectivity index (χ4v) is 7.66. The molecule has 0 spiro atoms. The number of nitrogens with zero attached hydrogens (tertiary/aromatic N) is 3. The van der Waals surface area contributed by atoms with Gasteiger partial charge in [0.25, 0.3) is 5.92 Å². The number of carboxylic acid groups (broad SMARTS) is 1. The van der Waals surface area contributed by atoms with Gasteiger partial charge in [-0.25, -0.2) is 14.8 Å². The summed E-state index contributed by atoms with van der Waals surface area (Å²) in [6, 6.07) is 15.0. The third-order valence-electron chi connectivity index (χ3n) is 10.2. The number of nitrogens with one attached hydrogen (secondary N) is 4. The monoisotopic (exact) mass is 773 g/mol. The van der Waals surface area contributed by atoms with Crippen LogP contribution in [0.2, 0.25) is 0 Å². The van der Waals surface area contributed by atoms with Crippen LogP contribution in [0.5, 0.6) is 0 Å². The van der Waals surface area contributed by atoms with Gasteiger partial charge in [0.05, 0.1) is 35.0 Å². The number of aromatic nitrogens is 4. The minimum Gasteiger partial charge on any atom is -0.465 e. The molecule has 5 N–H and O–H groups in total. The second-order valence-corrected chi connectivity index (χ2v) is 13.6. The van der Waals surface area contributed by atoms with Gasteiger partial charge in [-0.1, -0.05) is 44.2 Å². The third-order valence-corrected chi connectivity index (χ3v) is 10.2. The van der Waals surface area contributed by atoms with E-state index in [2.05, 4.69) is 25.6 Å². The number of H-pyrrole nitrogens is 2. The molecule has 4 heterocycles. The minimum absolute atomic E-state index is 0. The molecule has 2 aliphatic heterocycles. The second kappa shape index (κ2) is 15.0. The molecule has 0 radical (unpaired) electrons. The van der Waals surface area contributed by atoms with Crippen molar-refractivity contribution in [3.05, 3.63) is 83.6 Å². The number of hydrogen-bond donors (Lipinski definition) is 5. The number of imidazole rings is 2. The topological polar surface area (TPSA) is 139 Å². The van der Waals surface area contributed by atoms with Gasteiger partial charge in [-0.05, 0) is 84.7 Å². The molecule has 0 bridgehead atoms. The molecule has 3 aliphatic rings. The number of rotatable bonds is 7. The maximum Gasteiger partial charge on any atom is 0.405 e. The molecular weight excluding hydrogens is 735 g/mol. The van der Waals surface area contributed by atoms with E-state index in [1.807, 2.05) is 44.2 Å². The van der Waals surface area contributed by atoms with Crippen molar-refractivity contribution in [2.24, 2.45) is 5.92 Å². The third kappa shape index (κ3) is 6.73. The smallest absolute Gasteiger partial charge is 0.405 e. The molecule has 0 saturated carbocycles. The highest BCUT2D eigenvalue weighted by Crippen LogP contribution is 2.52. The zero-order chi connectivity index (χ0) is 34.0. The van der Waals surface area contributed by atoms with E-state index in [9.17, 15) is 14.7 Å². The Morgan fingerprint density at radius 2 is 1.58 bits per heavy atom. The van der Waals surface area contributed by atoms with Crippen molar-refractivity contribution in [2.75, 3.05) is 13.1 Å². The van der Waals surface area contributed by atoms with Crippen molar-refractivity contribution in [3.8, 4) is 33.5 Å². The molecule has 5 aromatic rings. The first-order valence-electron chi connectivity index (χ1n) is 16.8. The quantitative estimate of drug-likeness (QED) is 0.113. The van der Waals surface area contributed by atoms with Gasteiger partial charge >= 0.3 is 6.09 Å². The van der Waals surface area contributed by atoms with Crippen LogP contribution in [0.1, 0.15) is 74.4 Å². The predicted molar refractivity (Wildman–Crippen MR) is 203 cm³/mol. The number of alkyl halides is 2. The van der Waals surface area contributed by atoms with Crippen LogP contribution in [0.25, 0.3) is 44.5 Å². The fourth-order valence-electron chi connectivity index (χ4n) is 7.66. The number of benzene rings is 3. The molecule has 10 nitrogen and oxygen atoms in total. The van der Waals surface area contributed by atoms with Crippen molar-refractivity contribution >= 4 is 60.3 Å². The number of hydrogen-bond acceptors (Lipinski definition) is 5. The summed E-state index contributed by atoms with van der Waals surface area (Å²) in [5, 5.41) is 15.1. The van der Waals surface area contributed by atoms with Gasteiger partial charge in [0.2, 0.25) is 5.91 Å². The first-order chi connectivity index (χ1) is 23.6. The Morgan fingerprint density at radius 3 is 2.25 bits per heavy atom. The Labute approximate surface area is 317 Å². The Balaban J connectivity index is 0.00000174. The van der Waals surface area contributed by atoms with Gasteiger partial charge in [-0.2, -0.15) is 8.78 Å². The van der Waals surface area contributed by atoms with Crippen LogP contribution in [0.15, 0.2) is 60.8 Å². The highest BCUT2D eigenvalue weighted by atomic mass is 35.5. The van der Waals surface area contributed by atoms with E-state index in [1.165, 1.54) is 0 Å². The summed E-state index contributed by atoms with van der Waals surface area (Å²) in [6.07, 6.45) is 4.01. The van der Waals surface area contributed by atoms with Crippen molar-refractivity contribution in [1.82, 2.24) is 35.5 Å². The van der Waals surface area contributed by atoms with Gasteiger partial charge in [0, 0.05) is 23.2 Å². The lowest BCUT2D eigenvalue weighted by atomic mass is 9.98. The van der Waals surface area contributed by atoms with E-state index < -0.39 is 18.1 Å². The van der Waals surface area contributed by atoms with E-state index in [0.717, 1.165) is 42.7 Å². The van der Waals surface area contributed by atoms with Gasteiger partial charge in [0.15, 0.2) is 0 Å². The summed E-state index contributed by atoms with van der Waals surface area (Å²) in [6.45, 7) is 5.06. The summed E-state index contributed by atoms with van der Waals surface area (Å²) in [7, 11) is 0. The van der Waals surface area contributed by atoms with Gasteiger partial charge in [-0.15, -0.1) is 37.2 Å². The molecule has 2 amide bonds. The number of carbonyl (C=O) groups excluding carboxylic acids is 1. The minimum atomic E-state index is -3.18. The van der Waals surface area contributed by atoms with Gasteiger partial charge < -0.3 is 30.6 Å². The molecule has 1 aliphatic carbocycles. The number of aromatic amines is 2. The molecule has 276 valence electrons. The van der Waals surface area contributed by atoms with Gasteiger partial charge in [0.1, 0.15) is 17.7 Å². The summed E-state index contributed by atoms with van der Waals surface area (Å²) < 4.78 is 32.3. The van der Waals surface area contributed by atoms with Gasteiger partial charge in [-0.3, -0.25) is 4.79 Å². The van der Waals surface area contributed by atoms with Crippen LogP contribution in [-0.4, -0.2) is 61.1 Å². The zero-order valence-electron chi connectivity index (χ0n) is 28.4. The maximum absolute atomic E-state index is 16.2. The largest absolute Gasteiger partial charge is 0.465 e. The number of halogens is 5. The van der Waals surface area contributed by atoms with Crippen LogP contribution >= 0.6 is 37.2 Å². The molecule has 3 atom stereocenters. The van der Waals surface area contributed by atoms with Crippen LogP contribution in [0, 0.1) is 5.92 Å². The zero-order valence-corrected chi connectivity index (χ0v) is 30.9. The van der Waals surface area contributed by atoms with E-state index >= 15 is 8.78 Å². The highest BCUT2D eigenvalue weighted by Gasteiger charge is 2.45. The molecule has 2 fully saturated rings. The first kappa shape index (κ1) is 39.0. The lowest BCUT2D eigenvalue weighted by Crippen LogP contribution is -2.50. The van der Waals surface area contributed by atoms with Crippen molar-refractivity contribution < 1.29 is 23.5 Å². The molecule has 2 saturated heterocycles. The molecule has 3 aromatic carbocycles. The average molecular weight is 775 g/mol. The van der Waals surface area contributed by atoms with E-state index in [4.69, 9.17) is 4.98 Å². The maximum atomic E-state index is 16.2. The molecule has 8 rings (SSSR count). The molecular formula is C37H40Cl3F2N7O3. The molecule has 2 aromatic heterocycles. The Bertz CT molecular complexity index is 2120. The summed E-state index contributed by atoms with van der Waals surface area (Å²) in [5.41, 5.74) is 5.21. The normalized spacial score (nSPS) is 19.0. The Morgan fingerprint density at radius 1 is 0.904 bits per heavy atom. The van der Waals surface area contributed by atoms with Crippen molar-refractivity contribution in [1.29, 1.82) is 0 Å². The standard InChI is InChI=1S/C37H37F2N7O3.3ClH/c1-19(2)32(45-36(48)49)35(47)46-14-4-6-31(46)34-42-27-12-9-21(17-29(27)43-34)20-7-10-23-24-11-8-22(16-26(24)37(38,39)25(23)15-20)30-18-41-33(44-30)28-5-3-13-40-28;;;/h7-12,15-19,28,31-32,40,45H,3-6,13-14H2,1-2H3,(H,41,44)(H,42,43)(H,48,49);3*1H/t28-,31-,32-;;;/m0.../s1. The number of fused-ring (bicyclic) bond motifs is 4. The van der Waals surface area contributed by atoms with Crippen LogP contribution in [0.4, 0.5) is 13.6 Å². The predicted octanol–water partition coefficient (Wildman–Crippen LogP) is 8.39. The molecule has 15 heteroatoms. The van der Waals surface area contributed by atoms with Crippen LogP contribution in [0.3, 0.4) is 0 Å². The van der Waals surface area contributed by atoms with E-state index in [-0.39, 0.29) is 72.3 Å². The molecule has 0 unspecified atom stereocenters. The van der Waals surface area contributed by atoms with Crippen molar-refractivity contribution in [3.63, 3.8) is 0 Å². The Kier molecular flexibility index (Phi) is 11.3. The second-order valence-electron chi connectivity index (χ2n) is 13.6. The van der Waals surface area contributed by atoms with Crippen molar-refractivity contribution in [2.45, 2.75) is 63.6 Å². The summed E-state index contributed by atoms with van der Waals surface area (Å²) in [4.78, 5) is 42.5. The average Bonchev–Trinajstić information content (AvgIpc) is 3.93. The lowest BCUT2D eigenvalue weighted by molar-refractivity contribution is -0.135. The lowest BCUT2D eigenvalue weighted by Gasteiger charge is -2.29. The summed E-state index contributed by atoms with van der Waals surface area (Å²) in [5.74, 6) is -2.23. The number of carbonyl (C=O) groups is 2. The highest BCUT2D eigenvalue weighted by molar-refractivity contribution is 5.88. The number of amides is 2. The first-order valence-corrected chi connectivity index (χ1v) is 16.8.